The van der Waals surface area contributed by atoms with Crippen molar-refractivity contribution in [1.29, 1.82) is 0 Å². The van der Waals surface area contributed by atoms with Crippen molar-refractivity contribution in [2.24, 2.45) is 11.8 Å². The highest BCUT2D eigenvalue weighted by Gasteiger charge is 2.32. The molecule has 2 aliphatic carbocycles. The van der Waals surface area contributed by atoms with Gasteiger partial charge in [0.1, 0.15) is 0 Å². The first-order valence-electron chi connectivity index (χ1n) is 11.8. The van der Waals surface area contributed by atoms with Gasteiger partial charge >= 0.3 is 0 Å². The first-order valence-corrected chi connectivity index (χ1v) is 11.8. The average molecular weight is 437 g/mol. The third-order valence-electron chi connectivity index (χ3n) is 6.69. The van der Waals surface area contributed by atoms with Crippen LogP contribution in [0.2, 0.25) is 0 Å². The molecule has 2 aliphatic rings. The van der Waals surface area contributed by atoms with Gasteiger partial charge in [-0.15, -0.1) is 0 Å². The normalized spacial score (nSPS) is 17.9. The fourth-order valence-electron chi connectivity index (χ4n) is 5.24. The second-order valence-electron chi connectivity index (χ2n) is 8.55. The maximum Gasteiger partial charge on any atom is 0.0137 e. The van der Waals surface area contributed by atoms with Gasteiger partial charge in [-0.1, -0.05) is 147 Å². The van der Waals surface area contributed by atoms with E-state index in [1.54, 1.807) is 0 Å². The third-order valence-corrected chi connectivity index (χ3v) is 6.69. The first kappa shape index (κ1) is 21.7. The monoisotopic (exact) mass is 436 g/mol. The topological polar surface area (TPSA) is 0 Å². The van der Waals surface area contributed by atoms with Crippen LogP contribution in [0.3, 0.4) is 0 Å². The summed E-state index contributed by atoms with van der Waals surface area (Å²) >= 11 is 0. The van der Waals surface area contributed by atoms with Crippen LogP contribution >= 0.6 is 0 Å². The highest BCUT2D eigenvalue weighted by molar-refractivity contribution is 5.85. The Balaban J connectivity index is 1.94. The van der Waals surface area contributed by atoms with Crippen LogP contribution in [-0.2, 0) is 0 Å². The zero-order chi connectivity index (χ0) is 23.3. The summed E-state index contributed by atoms with van der Waals surface area (Å²) in [6.45, 7) is 8.18. The molecule has 164 valence electrons. The Morgan fingerprint density at radius 2 is 1.09 bits per heavy atom. The van der Waals surface area contributed by atoms with Gasteiger partial charge in [0.25, 0.3) is 0 Å². The quantitative estimate of drug-likeness (QED) is 0.419. The minimum atomic E-state index is 0.234. The summed E-state index contributed by atoms with van der Waals surface area (Å²) in [5.74, 6) is 0.476. The lowest BCUT2D eigenvalue weighted by Gasteiger charge is -2.34. The van der Waals surface area contributed by atoms with Gasteiger partial charge in [0.2, 0.25) is 0 Å². The van der Waals surface area contributed by atoms with Crippen LogP contribution in [0.15, 0.2) is 135 Å². The Labute approximate surface area is 202 Å². The molecule has 0 N–H and O–H groups in total. The standard InChI is InChI=1S/C34H28/c1-3-25-19-16-24-28(27(25)4-2)34-31-22-14-12-20-29(31)33(30-21-13-15-23-32(30)34)26-17-10-8-6-5-7-9-11-18-26/h3-24,29,31H,1-2H2. The average Bonchev–Trinajstić information content (AvgIpc) is 2.89. The molecule has 0 nitrogen and oxygen atoms in total. The molecule has 3 aromatic rings. The van der Waals surface area contributed by atoms with Crippen molar-refractivity contribution in [3.8, 4) is 0 Å². The molecule has 0 aliphatic heterocycles. The molecule has 0 aromatic heterocycles. The summed E-state index contributed by atoms with van der Waals surface area (Å²) in [4.78, 5) is 0. The maximum atomic E-state index is 4.14. The van der Waals surface area contributed by atoms with Gasteiger partial charge in [-0.3, -0.25) is 0 Å². The SMILES string of the molecule is C=Cc1cccc(C2=c3ccccc3=C(c3ccccccccc3)C3C=CC=CC23)c1C=C. The zero-order valence-corrected chi connectivity index (χ0v) is 19.3. The van der Waals surface area contributed by atoms with E-state index in [-0.39, 0.29) is 11.8 Å². The Hall–Kier alpha value is -4.16. The summed E-state index contributed by atoms with van der Waals surface area (Å²) < 4.78 is 0. The zero-order valence-electron chi connectivity index (χ0n) is 19.3. The van der Waals surface area contributed by atoms with E-state index in [0.29, 0.717) is 0 Å². The van der Waals surface area contributed by atoms with E-state index in [2.05, 4.69) is 128 Å². The van der Waals surface area contributed by atoms with Gasteiger partial charge in [-0.25, -0.2) is 0 Å². The highest BCUT2D eigenvalue weighted by atomic mass is 14.3. The highest BCUT2D eigenvalue weighted by Crippen LogP contribution is 2.41. The van der Waals surface area contributed by atoms with Gasteiger partial charge in [-0.05, 0) is 43.8 Å². The third kappa shape index (κ3) is 3.89. The number of allylic oxidation sites excluding steroid dienone is 4. The molecular formula is C34H28. The number of hydrogen-bond donors (Lipinski definition) is 0. The molecule has 0 saturated heterocycles. The molecule has 0 spiro atoms. The van der Waals surface area contributed by atoms with Crippen molar-refractivity contribution >= 4 is 23.3 Å². The summed E-state index contributed by atoms with van der Waals surface area (Å²) in [6, 6.07) is 34.4. The lowest BCUT2D eigenvalue weighted by Crippen LogP contribution is -2.40. The Kier molecular flexibility index (Phi) is 6.23. The van der Waals surface area contributed by atoms with E-state index < -0.39 is 0 Å². The summed E-state index contributed by atoms with van der Waals surface area (Å²) in [5, 5.41) is 2.58. The molecule has 0 fully saturated rings. The van der Waals surface area contributed by atoms with E-state index in [0.717, 1.165) is 11.1 Å². The Morgan fingerprint density at radius 1 is 0.529 bits per heavy atom. The van der Waals surface area contributed by atoms with Crippen molar-refractivity contribution in [3.05, 3.63) is 167 Å². The van der Waals surface area contributed by atoms with Crippen LogP contribution in [0.4, 0.5) is 0 Å². The molecule has 0 heteroatoms. The first-order chi connectivity index (χ1) is 16.8. The summed E-state index contributed by atoms with van der Waals surface area (Å²) in [7, 11) is 0. The van der Waals surface area contributed by atoms with E-state index in [1.165, 1.54) is 32.7 Å². The molecular weight excluding hydrogens is 408 g/mol. The molecule has 0 bridgehead atoms. The smallest absolute Gasteiger partial charge is 0.0137 e. The van der Waals surface area contributed by atoms with E-state index in [9.17, 15) is 0 Å². The lowest BCUT2D eigenvalue weighted by molar-refractivity contribution is 0.686. The van der Waals surface area contributed by atoms with Crippen molar-refractivity contribution in [3.63, 3.8) is 0 Å². The molecule has 2 unspecified atom stereocenters. The minimum absolute atomic E-state index is 0.234. The van der Waals surface area contributed by atoms with E-state index in [1.807, 2.05) is 18.2 Å². The van der Waals surface area contributed by atoms with Crippen LogP contribution < -0.4 is 10.4 Å². The van der Waals surface area contributed by atoms with Crippen molar-refractivity contribution < 1.29 is 0 Å². The van der Waals surface area contributed by atoms with E-state index in [4.69, 9.17) is 0 Å². The second-order valence-corrected chi connectivity index (χ2v) is 8.55. The predicted molar refractivity (Wildman–Crippen MR) is 147 cm³/mol. The van der Waals surface area contributed by atoms with Crippen LogP contribution in [-0.4, -0.2) is 0 Å². The number of rotatable bonds is 4. The van der Waals surface area contributed by atoms with E-state index >= 15 is 0 Å². The number of hydrogen-bond acceptors (Lipinski definition) is 0. The van der Waals surface area contributed by atoms with Crippen molar-refractivity contribution in [2.75, 3.05) is 0 Å². The predicted octanol–water partition coefficient (Wildman–Crippen LogP) is 6.87. The molecule has 0 saturated carbocycles. The van der Waals surface area contributed by atoms with Crippen LogP contribution in [0.25, 0.3) is 23.3 Å². The Morgan fingerprint density at radius 3 is 1.71 bits per heavy atom. The van der Waals surface area contributed by atoms with Gasteiger partial charge in [0, 0.05) is 11.8 Å². The number of benzene rings is 2. The molecule has 5 rings (SSSR count). The molecule has 0 amide bonds. The Bertz CT molecular complexity index is 1470. The lowest BCUT2D eigenvalue weighted by atomic mass is 9.69. The summed E-state index contributed by atoms with van der Waals surface area (Å²) in [5.41, 5.74) is 7.45. The van der Waals surface area contributed by atoms with Gasteiger partial charge in [-0.2, -0.15) is 0 Å². The molecule has 3 aromatic carbocycles. The van der Waals surface area contributed by atoms with Crippen LogP contribution in [0, 0.1) is 11.8 Å². The second kappa shape index (κ2) is 9.77. The molecule has 34 heavy (non-hydrogen) atoms. The fourth-order valence-corrected chi connectivity index (χ4v) is 5.24. The fraction of sp³-hybridized carbons (Fsp3) is 0.0588. The maximum absolute atomic E-state index is 4.14. The molecule has 0 heterocycles. The van der Waals surface area contributed by atoms with Crippen LogP contribution in [0.5, 0.6) is 0 Å². The van der Waals surface area contributed by atoms with Gasteiger partial charge in [0.05, 0.1) is 0 Å². The molecule has 2 atom stereocenters. The minimum Gasteiger partial charge on any atom is -0.0984 e. The van der Waals surface area contributed by atoms with Crippen molar-refractivity contribution in [1.82, 2.24) is 0 Å². The molecule has 0 radical (unpaired) electrons. The van der Waals surface area contributed by atoms with Crippen molar-refractivity contribution in [2.45, 2.75) is 0 Å². The van der Waals surface area contributed by atoms with Crippen LogP contribution in [0.1, 0.15) is 22.3 Å². The number of fused-ring (bicyclic) bond motifs is 2. The largest absolute Gasteiger partial charge is 0.0984 e. The summed E-state index contributed by atoms with van der Waals surface area (Å²) in [6.07, 6.45) is 13.0. The van der Waals surface area contributed by atoms with Gasteiger partial charge < -0.3 is 0 Å². The van der Waals surface area contributed by atoms with Gasteiger partial charge in [0.15, 0.2) is 0 Å².